The fourth-order valence-electron chi connectivity index (χ4n) is 1.60. The van der Waals surface area contributed by atoms with Gasteiger partial charge in [-0.15, -0.1) is 0 Å². The van der Waals surface area contributed by atoms with Gasteiger partial charge in [0, 0.05) is 24.8 Å². The number of benzene rings is 1. The van der Waals surface area contributed by atoms with Gasteiger partial charge in [0.1, 0.15) is 0 Å². The highest BCUT2D eigenvalue weighted by Crippen LogP contribution is 2.14. The van der Waals surface area contributed by atoms with E-state index < -0.39 is 10.0 Å². The number of hydrogen-bond acceptors (Lipinski definition) is 4. The Morgan fingerprint density at radius 3 is 2.26 bits per heavy atom. The molecule has 0 saturated carbocycles. The van der Waals surface area contributed by atoms with Gasteiger partial charge < -0.3 is 10.6 Å². The summed E-state index contributed by atoms with van der Waals surface area (Å²) in [5, 5.41) is 6.43. The van der Waals surface area contributed by atoms with Crippen molar-refractivity contribution < 1.29 is 8.42 Å². The second-order valence-corrected chi connectivity index (χ2v) is 6.29. The SMILES string of the molecule is CCNCCNc1ccc(S(=O)(=O)NC(C)C)cc1. The maximum Gasteiger partial charge on any atom is 0.240 e. The van der Waals surface area contributed by atoms with Crippen LogP contribution in [0.1, 0.15) is 20.8 Å². The highest BCUT2D eigenvalue weighted by atomic mass is 32.2. The van der Waals surface area contributed by atoms with E-state index in [1.54, 1.807) is 38.1 Å². The van der Waals surface area contributed by atoms with Crippen LogP contribution in [-0.4, -0.2) is 34.1 Å². The first-order chi connectivity index (χ1) is 8.95. The first-order valence-electron chi connectivity index (χ1n) is 6.52. The molecule has 1 rings (SSSR count). The number of sulfonamides is 1. The van der Waals surface area contributed by atoms with Crippen molar-refractivity contribution in [3.05, 3.63) is 24.3 Å². The molecule has 0 atom stereocenters. The molecular weight excluding hydrogens is 262 g/mol. The van der Waals surface area contributed by atoms with Crippen LogP contribution in [0.2, 0.25) is 0 Å². The van der Waals surface area contributed by atoms with Gasteiger partial charge in [-0.05, 0) is 44.7 Å². The summed E-state index contributed by atoms with van der Waals surface area (Å²) < 4.78 is 26.4. The molecule has 0 fully saturated rings. The largest absolute Gasteiger partial charge is 0.384 e. The van der Waals surface area contributed by atoms with E-state index >= 15 is 0 Å². The lowest BCUT2D eigenvalue weighted by Gasteiger charge is -2.11. The minimum Gasteiger partial charge on any atom is -0.384 e. The lowest BCUT2D eigenvalue weighted by molar-refractivity contribution is 0.570. The quantitative estimate of drug-likeness (QED) is 0.631. The molecule has 0 radical (unpaired) electrons. The molecule has 1 aromatic rings. The summed E-state index contributed by atoms with van der Waals surface area (Å²) in [6.45, 7) is 8.29. The molecule has 0 bridgehead atoms. The minimum absolute atomic E-state index is 0.108. The third kappa shape index (κ3) is 5.59. The van der Waals surface area contributed by atoms with Crippen LogP contribution in [0.4, 0.5) is 5.69 Å². The van der Waals surface area contributed by atoms with Crippen LogP contribution in [0.5, 0.6) is 0 Å². The second kappa shape index (κ2) is 7.47. The van der Waals surface area contributed by atoms with E-state index in [-0.39, 0.29) is 6.04 Å². The Balaban J connectivity index is 2.61. The van der Waals surface area contributed by atoms with Crippen molar-refractivity contribution in [2.75, 3.05) is 25.0 Å². The maximum atomic E-state index is 11.9. The van der Waals surface area contributed by atoms with E-state index in [1.165, 1.54) is 0 Å². The number of nitrogens with one attached hydrogen (secondary N) is 3. The summed E-state index contributed by atoms with van der Waals surface area (Å²) in [4.78, 5) is 0.290. The molecule has 6 heteroatoms. The topological polar surface area (TPSA) is 70.2 Å². The van der Waals surface area contributed by atoms with Crippen molar-refractivity contribution in [3.8, 4) is 0 Å². The van der Waals surface area contributed by atoms with E-state index in [0.717, 1.165) is 25.3 Å². The van der Waals surface area contributed by atoms with E-state index in [2.05, 4.69) is 22.3 Å². The molecule has 0 spiro atoms. The second-order valence-electron chi connectivity index (χ2n) is 4.58. The number of anilines is 1. The predicted octanol–water partition coefficient (Wildman–Crippen LogP) is 1.39. The monoisotopic (exact) mass is 285 g/mol. The van der Waals surface area contributed by atoms with Crippen molar-refractivity contribution >= 4 is 15.7 Å². The molecule has 0 saturated heterocycles. The Morgan fingerprint density at radius 2 is 1.74 bits per heavy atom. The highest BCUT2D eigenvalue weighted by molar-refractivity contribution is 7.89. The van der Waals surface area contributed by atoms with Gasteiger partial charge >= 0.3 is 0 Å². The number of rotatable bonds is 8. The zero-order valence-corrected chi connectivity index (χ0v) is 12.5. The fourth-order valence-corrected chi connectivity index (χ4v) is 2.85. The van der Waals surface area contributed by atoms with Gasteiger partial charge in [-0.25, -0.2) is 13.1 Å². The molecule has 3 N–H and O–H groups in total. The Labute approximate surface area is 115 Å². The highest BCUT2D eigenvalue weighted by Gasteiger charge is 2.14. The lowest BCUT2D eigenvalue weighted by Crippen LogP contribution is -2.30. The van der Waals surface area contributed by atoms with Crippen molar-refractivity contribution in [2.24, 2.45) is 0 Å². The van der Waals surface area contributed by atoms with Crippen molar-refractivity contribution in [3.63, 3.8) is 0 Å². The maximum absolute atomic E-state index is 11.9. The number of likely N-dealkylation sites (N-methyl/N-ethyl adjacent to an activating group) is 1. The molecule has 0 aromatic heterocycles. The smallest absolute Gasteiger partial charge is 0.240 e. The molecule has 0 amide bonds. The average Bonchev–Trinajstić information content (AvgIpc) is 2.34. The summed E-state index contributed by atoms with van der Waals surface area (Å²) in [5.74, 6) is 0. The molecular formula is C13H23N3O2S. The zero-order valence-electron chi connectivity index (χ0n) is 11.7. The van der Waals surface area contributed by atoms with Gasteiger partial charge in [0.25, 0.3) is 0 Å². The van der Waals surface area contributed by atoms with Gasteiger partial charge in [-0.3, -0.25) is 0 Å². The lowest BCUT2D eigenvalue weighted by atomic mass is 10.3. The summed E-state index contributed by atoms with van der Waals surface area (Å²) in [6, 6.07) is 6.67. The molecule has 19 heavy (non-hydrogen) atoms. The van der Waals surface area contributed by atoms with Crippen molar-refractivity contribution in [2.45, 2.75) is 31.7 Å². The molecule has 5 nitrogen and oxygen atoms in total. The average molecular weight is 285 g/mol. The fraction of sp³-hybridized carbons (Fsp3) is 0.538. The van der Waals surface area contributed by atoms with Crippen LogP contribution in [0.15, 0.2) is 29.2 Å². The Kier molecular flexibility index (Phi) is 6.27. The molecule has 0 aliphatic heterocycles. The summed E-state index contributed by atoms with van der Waals surface area (Å²) >= 11 is 0. The van der Waals surface area contributed by atoms with Crippen molar-refractivity contribution in [1.29, 1.82) is 0 Å². The summed E-state index contributed by atoms with van der Waals surface area (Å²) in [7, 11) is -3.40. The summed E-state index contributed by atoms with van der Waals surface area (Å²) in [6.07, 6.45) is 0. The first kappa shape index (κ1) is 15.9. The van der Waals surface area contributed by atoms with Crippen molar-refractivity contribution in [1.82, 2.24) is 10.0 Å². The molecule has 108 valence electrons. The molecule has 0 unspecified atom stereocenters. The van der Waals surface area contributed by atoms with E-state index in [4.69, 9.17) is 0 Å². The Morgan fingerprint density at radius 1 is 1.11 bits per heavy atom. The van der Waals surface area contributed by atoms with Gasteiger partial charge in [0.05, 0.1) is 4.90 Å². The third-order valence-electron chi connectivity index (χ3n) is 2.44. The minimum atomic E-state index is -3.40. The van der Waals surface area contributed by atoms with E-state index in [0.29, 0.717) is 4.90 Å². The first-order valence-corrected chi connectivity index (χ1v) is 8.01. The van der Waals surface area contributed by atoms with E-state index in [1.807, 2.05) is 0 Å². The van der Waals surface area contributed by atoms with Crippen LogP contribution < -0.4 is 15.4 Å². The van der Waals surface area contributed by atoms with Crippen LogP contribution in [0.25, 0.3) is 0 Å². The van der Waals surface area contributed by atoms with Gasteiger partial charge in [0.15, 0.2) is 0 Å². The van der Waals surface area contributed by atoms with Crippen LogP contribution in [0.3, 0.4) is 0 Å². The molecule has 0 aliphatic carbocycles. The van der Waals surface area contributed by atoms with Crippen LogP contribution >= 0.6 is 0 Å². The van der Waals surface area contributed by atoms with Crippen LogP contribution in [-0.2, 0) is 10.0 Å². The van der Waals surface area contributed by atoms with Gasteiger partial charge in [0.2, 0.25) is 10.0 Å². The van der Waals surface area contributed by atoms with E-state index in [9.17, 15) is 8.42 Å². The van der Waals surface area contributed by atoms with Gasteiger partial charge in [-0.2, -0.15) is 0 Å². The van der Waals surface area contributed by atoms with Gasteiger partial charge in [-0.1, -0.05) is 6.92 Å². The summed E-state index contributed by atoms with van der Waals surface area (Å²) in [5.41, 5.74) is 0.918. The third-order valence-corrected chi connectivity index (χ3v) is 4.11. The molecule has 0 aliphatic rings. The Bertz CT molecular complexity index is 469. The molecule has 1 aromatic carbocycles. The predicted molar refractivity (Wildman–Crippen MR) is 78.9 cm³/mol. The number of hydrogen-bond donors (Lipinski definition) is 3. The normalized spacial score (nSPS) is 11.8. The standard InChI is InChI=1S/C13H23N3O2S/c1-4-14-9-10-15-12-5-7-13(8-6-12)19(17,18)16-11(2)3/h5-8,11,14-16H,4,9-10H2,1-3H3. The van der Waals surface area contributed by atoms with Crippen LogP contribution in [0, 0.1) is 0 Å². The zero-order chi connectivity index (χ0) is 14.3. The Hall–Kier alpha value is -1.11. The molecule has 0 heterocycles.